The van der Waals surface area contributed by atoms with Gasteiger partial charge in [-0.2, -0.15) is 0 Å². The fourth-order valence-corrected chi connectivity index (χ4v) is 3.74. The predicted octanol–water partition coefficient (Wildman–Crippen LogP) is 1.42. The van der Waals surface area contributed by atoms with Crippen molar-refractivity contribution in [3.05, 3.63) is 0 Å². The van der Waals surface area contributed by atoms with Gasteiger partial charge in [-0.25, -0.2) is 4.79 Å². The Labute approximate surface area is 82.6 Å². The molecule has 3 fully saturated rings. The van der Waals surface area contributed by atoms with E-state index in [4.69, 9.17) is 9.84 Å². The Bertz CT molecular complexity index is 250. The predicted molar refractivity (Wildman–Crippen MR) is 48.8 cm³/mol. The molecule has 3 rings (SSSR count). The topological polar surface area (TPSA) is 58.6 Å². The quantitative estimate of drug-likeness (QED) is 0.624. The summed E-state index contributed by atoms with van der Waals surface area (Å²) in [5.74, 6) is 2.30. The zero-order valence-electron chi connectivity index (χ0n) is 7.98. The Morgan fingerprint density at radius 2 is 2.07 bits per heavy atom. The van der Waals surface area contributed by atoms with Crippen molar-refractivity contribution in [2.45, 2.75) is 38.0 Å². The molecule has 4 heteroatoms. The lowest BCUT2D eigenvalue weighted by molar-refractivity contribution is 0.0406. The summed E-state index contributed by atoms with van der Waals surface area (Å²) in [6.45, 7) is 0. The largest absolute Gasteiger partial charge is 0.507 e. The number of nitrogens with one attached hydrogen (secondary N) is 1. The molecule has 5 atom stereocenters. The zero-order chi connectivity index (χ0) is 9.71. The van der Waals surface area contributed by atoms with Crippen LogP contribution < -0.4 is 5.32 Å². The van der Waals surface area contributed by atoms with E-state index in [-0.39, 0.29) is 6.23 Å². The minimum atomic E-state index is -1.16. The summed E-state index contributed by atoms with van der Waals surface area (Å²) < 4.78 is 4.78. The average Bonchev–Trinajstić information content (AvgIpc) is 2.69. The number of fused-ring (bicyclic) bond motifs is 5. The van der Waals surface area contributed by atoms with Gasteiger partial charge in [0.25, 0.3) is 0 Å². The second kappa shape index (κ2) is 2.86. The molecule has 0 radical (unpaired) electrons. The molecule has 1 heterocycles. The van der Waals surface area contributed by atoms with E-state index in [1.165, 1.54) is 19.3 Å². The van der Waals surface area contributed by atoms with E-state index >= 15 is 0 Å². The van der Waals surface area contributed by atoms with Crippen molar-refractivity contribution in [2.75, 3.05) is 0 Å². The third kappa shape index (κ3) is 1.13. The minimum absolute atomic E-state index is 0.245. The second-order valence-corrected chi connectivity index (χ2v) is 4.80. The lowest BCUT2D eigenvalue weighted by atomic mass is 9.85. The van der Waals surface area contributed by atoms with Crippen LogP contribution in [-0.2, 0) is 4.74 Å². The van der Waals surface area contributed by atoms with E-state index < -0.39 is 6.16 Å². The molecular formula is C10H15NO3. The summed E-state index contributed by atoms with van der Waals surface area (Å²) in [6.07, 6.45) is 3.49. The van der Waals surface area contributed by atoms with Gasteiger partial charge in [0, 0.05) is 12.5 Å². The molecule has 0 aromatic carbocycles. The van der Waals surface area contributed by atoms with Gasteiger partial charge < -0.3 is 9.84 Å². The van der Waals surface area contributed by atoms with Crippen LogP contribution >= 0.6 is 0 Å². The van der Waals surface area contributed by atoms with Crippen molar-refractivity contribution in [2.24, 2.45) is 17.8 Å². The average molecular weight is 197 g/mol. The molecule has 1 saturated heterocycles. The molecule has 3 aliphatic rings. The minimum Gasteiger partial charge on any atom is -0.450 e. The fourth-order valence-electron chi connectivity index (χ4n) is 3.74. The third-order valence-electron chi connectivity index (χ3n) is 4.20. The van der Waals surface area contributed by atoms with Crippen molar-refractivity contribution >= 4 is 6.16 Å². The summed E-state index contributed by atoms with van der Waals surface area (Å²) in [5.41, 5.74) is 0. The van der Waals surface area contributed by atoms with Gasteiger partial charge in [-0.3, -0.25) is 5.32 Å². The number of ether oxygens (including phenoxy) is 1. The summed E-state index contributed by atoms with van der Waals surface area (Å²) in [7, 11) is 0. The van der Waals surface area contributed by atoms with Crippen molar-refractivity contribution in [1.29, 1.82) is 0 Å². The lowest BCUT2D eigenvalue weighted by Crippen LogP contribution is -2.37. The van der Waals surface area contributed by atoms with Gasteiger partial charge in [0.15, 0.2) is 6.23 Å². The Hall–Kier alpha value is -0.770. The van der Waals surface area contributed by atoms with Crippen LogP contribution in [0.2, 0.25) is 0 Å². The van der Waals surface area contributed by atoms with Crippen molar-refractivity contribution in [1.82, 2.24) is 5.32 Å². The van der Waals surface area contributed by atoms with Crippen LogP contribution in [0.25, 0.3) is 0 Å². The summed E-state index contributed by atoms with van der Waals surface area (Å²) >= 11 is 0. The van der Waals surface area contributed by atoms with E-state index in [1.807, 2.05) is 0 Å². The molecule has 2 aliphatic carbocycles. The molecule has 0 amide bonds. The number of carbonyl (C=O) groups is 1. The van der Waals surface area contributed by atoms with Gasteiger partial charge in [0.1, 0.15) is 0 Å². The summed E-state index contributed by atoms with van der Waals surface area (Å²) in [6, 6.07) is 0.540. The summed E-state index contributed by atoms with van der Waals surface area (Å²) in [5, 5.41) is 11.8. The highest BCUT2D eigenvalue weighted by Crippen LogP contribution is 2.52. The SMILES string of the molecule is O=C(O)O[C@H]1C[C@@H]2[C@H]3CCC(C3)[C@@H]2N1. The van der Waals surface area contributed by atoms with E-state index in [0.29, 0.717) is 12.0 Å². The number of hydrogen-bond acceptors (Lipinski definition) is 3. The van der Waals surface area contributed by atoms with E-state index in [0.717, 1.165) is 18.3 Å². The molecule has 0 aromatic heterocycles. The standard InChI is InChI=1S/C10H15NO3/c12-10(13)14-8-4-7-5-1-2-6(3-5)9(7)11-8/h5-9,11H,1-4H2,(H,12,13)/t5-,6?,7+,8-,9-/m0/s1. The third-order valence-corrected chi connectivity index (χ3v) is 4.20. The molecule has 0 aromatic rings. The van der Waals surface area contributed by atoms with E-state index in [1.54, 1.807) is 0 Å². The van der Waals surface area contributed by atoms with Crippen LogP contribution in [0.4, 0.5) is 4.79 Å². The van der Waals surface area contributed by atoms with Gasteiger partial charge in [-0.1, -0.05) is 0 Å². The van der Waals surface area contributed by atoms with Gasteiger partial charge in [0.05, 0.1) is 0 Å². The molecule has 2 N–H and O–H groups in total. The van der Waals surface area contributed by atoms with Crippen LogP contribution in [-0.4, -0.2) is 23.5 Å². The normalized spacial score (nSPS) is 49.3. The molecule has 14 heavy (non-hydrogen) atoms. The maximum atomic E-state index is 10.4. The van der Waals surface area contributed by atoms with Gasteiger partial charge in [0.2, 0.25) is 0 Å². The number of carboxylic acid groups (broad SMARTS) is 1. The zero-order valence-corrected chi connectivity index (χ0v) is 7.98. The Morgan fingerprint density at radius 1 is 1.29 bits per heavy atom. The van der Waals surface area contributed by atoms with Crippen LogP contribution in [0.15, 0.2) is 0 Å². The van der Waals surface area contributed by atoms with Gasteiger partial charge in [-0.15, -0.1) is 0 Å². The highest BCUT2D eigenvalue weighted by atomic mass is 16.7. The molecule has 4 nitrogen and oxygen atoms in total. The molecule has 1 aliphatic heterocycles. The van der Waals surface area contributed by atoms with E-state index in [9.17, 15) is 4.79 Å². The van der Waals surface area contributed by atoms with Gasteiger partial charge >= 0.3 is 6.16 Å². The molecule has 0 spiro atoms. The first-order chi connectivity index (χ1) is 6.74. The Kier molecular flexibility index (Phi) is 1.74. The number of hydrogen-bond donors (Lipinski definition) is 2. The number of rotatable bonds is 1. The van der Waals surface area contributed by atoms with Crippen molar-refractivity contribution < 1.29 is 14.6 Å². The molecule has 2 bridgehead atoms. The molecule has 78 valence electrons. The molecule has 1 unspecified atom stereocenters. The van der Waals surface area contributed by atoms with Crippen LogP contribution in [0.1, 0.15) is 25.7 Å². The summed E-state index contributed by atoms with van der Waals surface area (Å²) in [4.78, 5) is 10.4. The maximum absolute atomic E-state index is 10.4. The van der Waals surface area contributed by atoms with Crippen molar-refractivity contribution in [3.8, 4) is 0 Å². The first-order valence-corrected chi connectivity index (χ1v) is 5.39. The van der Waals surface area contributed by atoms with Crippen LogP contribution in [0, 0.1) is 17.8 Å². The van der Waals surface area contributed by atoms with E-state index in [2.05, 4.69) is 5.32 Å². The first-order valence-electron chi connectivity index (χ1n) is 5.39. The fraction of sp³-hybridized carbons (Fsp3) is 0.900. The Balaban J connectivity index is 1.68. The van der Waals surface area contributed by atoms with Gasteiger partial charge in [-0.05, 0) is 37.0 Å². The smallest absolute Gasteiger partial charge is 0.450 e. The van der Waals surface area contributed by atoms with Crippen LogP contribution in [0.3, 0.4) is 0 Å². The first kappa shape index (κ1) is 8.53. The monoisotopic (exact) mass is 197 g/mol. The molecule has 2 saturated carbocycles. The maximum Gasteiger partial charge on any atom is 0.507 e. The molecular weight excluding hydrogens is 182 g/mol. The van der Waals surface area contributed by atoms with Crippen LogP contribution in [0.5, 0.6) is 0 Å². The second-order valence-electron chi connectivity index (χ2n) is 4.80. The Morgan fingerprint density at radius 3 is 2.79 bits per heavy atom. The highest BCUT2D eigenvalue weighted by molar-refractivity contribution is 5.57. The van der Waals surface area contributed by atoms with Crippen molar-refractivity contribution in [3.63, 3.8) is 0 Å². The lowest BCUT2D eigenvalue weighted by Gasteiger charge is -2.23. The highest BCUT2D eigenvalue weighted by Gasteiger charge is 2.52.